The van der Waals surface area contributed by atoms with Crippen molar-refractivity contribution in [3.05, 3.63) is 34.4 Å². The maximum atomic E-state index is 12.8. The van der Waals surface area contributed by atoms with Crippen LogP contribution in [0.4, 0.5) is 0 Å². The molecule has 1 aromatic rings. The molecule has 1 fully saturated rings. The van der Waals surface area contributed by atoms with Crippen LogP contribution in [0.2, 0.25) is 0 Å². The highest BCUT2D eigenvalue weighted by Gasteiger charge is 2.28. The molecule has 1 heterocycles. The van der Waals surface area contributed by atoms with Crippen LogP contribution in [0.1, 0.15) is 46.3 Å². The Balaban J connectivity index is 2.33. The molecule has 3 heteroatoms. The SMILES string of the molecule is Cc1cc(C)c(C(=O)N2CCCCC2CCl)c(C)c1. The van der Waals surface area contributed by atoms with E-state index in [2.05, 4.69) is 19.1 Å². The second-order valence-electron chi connectivity index (χ2n) is 5.58. The Morgan fingerprint density at radius 3 is 2.47 bits per heavy atom. The van der Waals surface area contributed by atoms with Gasteiger partial charge in [-0.2, -0.15) is 0 Å². The predicted molar refractivity (Wildman–Crippen MR) is 80.0 cm³/mol. The molecule has 1 aliphatic rings. The van der Waals surface area contributed by atoms with Crippen LogP contribution >= 0.6 is 11.6 Å². The number of likely N-dealkylation sites (tertiary alicyclic amines) is 1. The van der Waals surface area contributed by atoms with E-state index in [0.717, 1.165) is 36.1 Å². The largest absolute Gasteiger partial charge is 0.334 e. The number of amides is 1. The summed E-state index contributed by atoms with van der Waals surface area (Å²) in [5.74, 6) is 0.690. The zero-order valence-corrected chi connectivity index (χ0v) is 12.8. The van der Waals surface area contributed by atoms with Crippen molar-refractivity contribution in [2.75, 3.05) is 12.4 Å². The molecule has 0 saturated carbocycles. The summed E-state index contributed by atoms with van der Waals surface area (Å²) in [7, 11) is 0. The van der Waals surface area contributed by atoms with Crippen LogP contribution in [-0.2, 0) is 0 Å². The van der Waals surface area contributed by atoms with Crippen molar-refractivity contribution in [1.29, 1.82) is 0 Å². The number of benzene rings is 1. The van der Waals surface area contributed by atoms with E-state index < -0.39 is 0 Å². The van der Waals surface area contributed by atoms with Crippen LogP contribution in [0, 0.1) is 20.8 Å². The maximum Gasteiger partial charge on any atom is 0.254 e. The lowest BCUT2D eigenvalue weighted by atomic mass is 9.96. The van der Waals surface area contributed by atoms with E-state index in [-0.39, 0.29) is 11.9 Å². The highest BCUT2D eigenvalue weighted by Crippen LogP contribution is 2.24. The minimum Gasteiger partial charge on any atom is -0.334 e. The normalized spacial score (nSPS) is 19.6. The van der Waals surface area contributed by atoms with E-state index >= 15 is 0 Å². The van der Waals surface area contributed by atoms with Gasteiger partial charge < -0.3 is 4.90 Å². The van der Waals surface area contributed by atoms with Gasteiger partial charge in [-0.15, -0.1) is 11.6 Å². The molecule has 0 aromatic heterocycles. The summed E-state index contributed by atoms with van der Waals surface area (Å²) >= 11 is 6.02. The molecular weight excluding hydrogens is 258 g/mol. The quantitative estimate of drug-likeness (QED) is 0.753. The summed E-state index contributed by atoms with van der Waals surface area (Å²) in [6.45, 7) is 6.94. The van der Waals surface area contributed by atoms with Crippen molar-refractivity contribution in [3.8, 4) is 0 Å². The molecule has 19 heavy (non-hydrogen) atoms. The summed E-state index contributed by atoms with van der Waals surface area (Å²) < 4.78 is 0. The molecule has 2 nitrogen and oxygen atoms in total. The van der Waals surface area contributed by atoms with Crippen LogP contribution in [0.25, 0.3) is 0 Å². The molecule has 1 saturated heterocycles. The standard InChI is InChI=1S/C16H22ClNO/c1-11-8-12(2)15(13(3)9-11)16(19)18-7-5-4-6-14(18)10-17/h8-9,14H,4-7,10H2,1-3H3. The second-order valence-corrected chi connectivity index (χ2v) is 5.88. The fourth-order valence-electron chi connectivity index (χ4n) is 3.09. The van der Waals surface area contributed by atoms with Crippen molar-refractivity contribution in [1.82, 2.24) is 4.90 Å². The van der Waals surface area contributed by atoms with Crippen molar-refractivity contribution in [3.63, 3.8) is 0 Å². The van der Waals surface area contributed by atoms with Crippen LogP contribution in [0.5, 0.6) is 0 Å². The summed E-state index contributed by atoms with van der Waals surface area (Å²) in [4.78, 5) is 14.8. The number of hydrogen-bond donors (Lipinski definition) is 0. The van der Waals surface area contributed by atoms with Gasteiger partial charge in [-0.1, -0.05) is 17.7 Å². The van der Waals surface area contributed by atoms with Crippen LogP contribution in [-0.4, -0.2) is 29.3 Å². The third kappa shape index (κ3) is 2.94. The number of alkyl halides is 1. The molecule has 0 bridgehead atoms. The minimum absolute atomic E-state index is 0.153. The van der Waals surface area contributed by atoms with Gasteiger partial charge in [-0.25, -0.2) is 0 Å². The molecule has 0 radical (unpaired) electrons. The average Bonchev–Trinajstić information content (AvgIpc) is 2.37. The van der Waals surface area contributed by atoms with Gasteiger partial charge in [0.15, 0.2) is 0 Å². The summed E-state index contributed by atoms with van der Waals surface area (Å²) in [5, 5.41) is 0. The van der Waals surface area contributed by atoms with Crippen molar-refractivity contribution >= 4 is 17.5 Å². The molecule has 1 amide bonds. The molecule has 0 spiro atoms. The van der Waals surface area contributed by atoms with E-state index in [1.54, 1.807) is 0 Å². The van der Waals surface area contributed by atoms with E-state index in [9.17, 15) is 4.79 Å². The smallest absolute Gasteiger partial charge is 0.254 e. The monoisotopic (exact) mass is 279 g/mol. The Labute approximate surface area is 120 Å². The molecule has 1 unspecified atom stereocenters. The number of aryl methyl sites for hydroxylation is 3. The first kappa shape index (κ1) is 14.4. The number of rotatable bonds is 2. The van der Waals surface area contributed by atoms with Crippen LogP contribution < -0.4 is 0 Å². The third-order valence-electron chi connectivity index (χ3n) is 3.96. The Morgan fingerprint density at radius 2 is 1.89 bits per heavy atom. The van der Waals surface area contributed by atoms with Crippen molar-refractivity contribution < 1.29 is 4.79 Å². The Bertz CT molecular complexity index is 461. The number of piperidine rings is 1. The number of hydrogen-bond acceptors (Lipinski definition) is 1. The zero-order valence-electron chi connectivity index (χ0n) is 12.0. The molecule has 0 N–H and O–H groups in total. The first-order valence-corrected chi connectivity index (χ1v) is 7.53. The van der Waals surface area contributed by atoms with Gasteiger partial charge in [0.25, 0.3) is 5.91 Å². The Hall–Kier alpha value is -1.02. The van der Waals surface area contributed by atoms with Gasteiger partial charge in [-0.3, -0.25) is 4.79 Å². The number of halogens is 1. The molecule has 1 atom stereocenters. The predicted octanol–water partition coefficient (Wildman–Crippen LogP) is 3.85. The molecule has 1 aromatic carbocycles. The Morgan fingerprint density at radius 1 is 1.26 bits per heavy atom. The zero-order chi connectivity index (χ0) is 14.0. The highest BCUT2D eigenvalue weighted by molar-refractivity contribution is 6.18. The number of carbonyl (C=O) groups excluding carboxylic acids is 1. The van der Waals surface area contributed by atoms with Gasteiger partial charge in [0.2, 0.25) is 0 Å². The molecule has 2 rings (SSSR count). The number of nitrogens with zero attached hydrogens (tertiary/aromatic N) is 1. The van der Waals surface area contributed by atoms with E-state index in [1.807, 2.05) is 18.7 Å². The molecular formula is C16H22ClNO. The van der Waals surface area contributed by atoms with E-state index in [0.29, 0.717) is 5.88 Å². The Kier molecular flexibility index (Phi) is 4.51. The lowest BCUT2D eigenvalue weighted by molar-refractivity contribution is 0.0637. The molecule has 1 aliphatic heterocycles. The van der Waals surface area contributed by atoms with Gasteiger partial charge in [0.05, 0.1) is 0 Å². The lowest BCUT2D eigenvalue weighted by Gasteiger charge is -2.35. The lowest BCUT2D eigenvalue weighted by Crippen LogP contribution is -2.45. The first-order valence-electron chi connectivity index (χ1n) is 6.99. The van der Waals surface area contributed by atoms with Gasteiger partial charge >= 0.3 is 0 Å². The topological polar surface area (TPSA) is 20.3 Å². The summed E-state index contributed by atoms with van der Waals surface area (Å²) in [6, 6.07) is 4.36. The van der Waals surface area contributed by atoms with Crippen LogP contribution in [0.15, 0.2) is 12.1 Å². The average molecular weight is 280 g/mol. The summed E-state index contributed by atoms with van der Waals surface area (Å²) in [5.41, 5.74) is 4.21. The third-order valence-corrected chi connectivity index (χ3v) is 4.31. The van der Waals surface area contributed by atoms with Gasteiger partial charge in [0.1, 0.15) is 0 Å². The van der Waals surface area contributed by atoms with Crippen molar-refractivity contribution in [2.24, 2.45) is 0 Å². The van der Waals surface area contributed by atoms with E-state index in [4.69, 9.17) is 11.6 Å². The van der Waals surface area contributed by atoms with Crippen molar-refractivity contribution in [2.45, 2.75) is 46.1 Å². The summed E-state index contributed by atoms with van der Waals surface area (Å²) in [6.07, 6.45) is 3.29. The first-order chi connectivity index (χ1) is 9.04. The van der Waals surface area contributed by atoms with Gasteiger partial charge in [-0.05, 0) is 51.2 Å². The molecule has 104 valence electrons. The van der Waals surface area contributed by atoms with Crippen LogP contribution in [0.3, 0.4) is 0 Å². The fraction of sp³-hybridized carbons (Fsp3) is 0.562. The minimum atomic E-state index is 0.153. The highest BCUT2D eigenvalue weighted by atomic mass is 35.5. The number of carbonyl (C=O) groups is 1. The second kappa shape index (κ2) is 5.96. The maximum absolute atomic E-state index is 12.8. The van der Waals surface area contributed by atoms with Gasteiger partial charge in [0, 0.05) is 24.0 Å². The molecule has 0 aliphatic carbocycles. The fourth-order valence-corrected chi connectivity index (χ4v) is 3.41. The van der Waals surface area contributed by atoms with E-state index in [1.165, 1.54) is 12.0 Å².